The van der Waals surface area contributed by atoms with E-state index in [4.69, 9.17) is 4.74 Å². The number of rotatable bonds is 2. The third-order valence-electron chi connectivity index (χ3n) is 3.08. The lowest BCUT2D eigenvalue weighted by molar-refractivity contribution is -0.00000409. The van der Waals surface area contributed by atoms with Crippen molar-refractivity contribution in [3.05, 3.63) is 54.4 Å². The van der Waals surface area contributed by atoms with Gasteiger partial charge in [-0.15, -0.1) is 0 Å². The fourth-order valence-electron chi connectivity index (χ4n) is 2.05. The van der Waals surface area contributed by atoms with E-state index in [-0.39, 0.29) is 24.0 Å². The van der Waals surface area contributed by atoms with Crippen LogP contribution in [0.25, 0.3) is 16.9 Å². The summed E-state index contributed by atoms with van der Waals surface area (Å²) in [7, 11) is 1.67. The molecule has 2 heterocycles. The standard InChI is InChI=1S/C15H14N2O.HI/c1-11-4-3-5-15-16-14(10-17(11)15)12-6-8-13(18-2)9-7-12;/h3-10H,1-2H3;1H/p-1. The number of fused-ring (bicyclic) bond motifs is 1. The lowest BCUT2D eigenvalue weighted by Crippen LogP contribution is -3.00. The molecule has 0 aliphatic rings. The van der Waals surface area contributed by atoms with Gasteiger partial charge in [0.15, 0.2) is 0 Å². The second-order valence-electron chi connectivity index (χ2n) is 4.25. The molecular formula is C15H14IN2O-. The number of nitrogens with zero attached hydrogens (tertiary/aromatic N) is 2. The van der Waals surface area contributed by atoms with Crippen molar-refractivity contribution in [2.75, 3.05) is 7.11 Å². The smallest absolute Gasteiger partial charge is 0.137 e. The first-order chi connectivity index (χ1) is 8.78. The zero-order valence-corrected chi connectivity index (χ0v) is 13.0. The highest BCUT2D eigenvalue weighted by Gasteiger charge is 2.05. The molecule has 0 fully saturated rings. The van der Waals surface area contributed by atoms with E-state index < -0.39 is 0 Å². The lowest BCUT2D eigenvalue weighted by atomic mass is 10.2. The third-order valence-corrected chi connectivity index (χ3v) is 3.08. The Balaban J connectivity index is 0.00000133. The van der Waals surface area contributed by atoms with E-state index in [1.807, 2.05) is 36.4 Å². The molecule has 98 valence electrons. The molecule has 0 amide bonds. The molecule has 0 saturated carbocycles. The van der Waals surface area contributed by atoms with Crippen molar-refractivity contribution in [3.63, 3.8) is 0 Å². The number of aromatic nitrogens is 2. The minimum atomic E-state index is 0. The Morgan fingerprint density at radius 3 is 2.42 bits per heavy atom. The molecule has 0 N–H and O–H groups in total. The molecule has 3 nitrogen and oxygen atoms in total. The van der Waals surface area contributed by atoms with Gasteiger partial charge in [0.25, 0.3) is 0 Å². The summed E-state index contributed by atoms with van der Waals surface area (Å²) in [5.74, 6) is 0.860. The number of halogens is 1. The zero-order chi connectivity index (χ0) is 12.5. The molecule has 0 radical (unpaired) electrons. The van der Waals surface area contributed by atoms with Crippen LogP contribution >= 0.6 is 0 Å². The van der Waals surface area contributed by atoms with Gasteiger partial charge in [-0.25, -0.2) is 4.98 Å². The fourth-order valence-corrected chi connectivity index (χ4v) is 2.05. The molecule has 0 atom stereocenters. The van der Waals surface area contributed by atoms with Crippen LogP contribution in [0.4, 0.5) is 0 Å². The van der Waals surface area contributed by atoms with E-state index in [0.717, 1.165) is 22.7 Å². The molecule has 4 heteroatoms. The highest BCUT2D eigenvalue weighted by Crippen LogP contribution is 2.22. The molecule has 0 aliphatic heterocycles. The number of hydrogen-bond acceptors (Lipinski definition) is 2. The van der Waals surface area contributed by atoms with Gasteiger partial charge in [0.05, 0.1) is 12.8 Å². The second-order valence-corrected chi connectivity index (χ2v) is 4.25. The van der Waals surface area contributed by atoms with Crippen molar-refractivity contribution in [2.45, 2.75) is 6.92 Å². The van der Waals surface area contributed by atoms with Crippen LogP contribution < -0.4 is 28.7 Å². The first kappa shape index (κ1) is 13.9. The SMILES string of the molecule is COc1ccc(-c2cn3c(C)cccc3n2)cc1.[I-]. The van der Waals surface area contributed by atoms with Gasteiger partial charge in [-0.3, -0.25) is 0 Å². The van der Waals surface area contributed by atoms with Crippen LogP contribution in [0.5, 0.6) is 5.75 Å². The second kappa shape index (κ2) is 5.61. The van der Waals surface area contributed by atoms with Gasteiger partial charge in [0.2, 0.25) is 0 Å². The largest absolute Gasteiger partial charge is 1.00 e. The van der Waals surface area contributed by atoms with Crippen LogP contribution in [-0.2, 0) is 0 Å². The highest BCUT2D eigenvalue weighted by molar-refractivity contribution is 5.63. The summed E-state index contributed by atoms with van der Waals surface area (Å²) in [5, 5.41) is 0. The Morgan fingerprint density at radius 2 is 1.79 bits per heavy atom. The number of methoxy groups -OCH3 is 1. The molecular weight excluding hydrogens is 351 g/mol. The summed E-state index contributed by atoms with van der Waals surface area (Å²) in [6, 6.07) is 14.1. The van der Waals surface area contributed by atoms with E-state index in [1.54, 1.807) is 7.11 Å². The lowest BCUT2D eigenvalue weighted by Gasteiger charge is -2.00. The monoisotopic (exact) mass is 365 g/mol. The van der Waals surface area contributed by atoms with Gasteiger partial charge in [0, 0.05) is 17.5 Å². The van der Waals surface area contributed by atoms with E-state index >= 15 is 0 Å². The van der Waals surface area contributed by atoms with Crippen molar-refractivity contribution in [2.24, 2.45) is 0 Å². The number of imidazole rings is 1. The Kier molecular flexibility index (Phi) is 4.09. The summed E-state index contributed by atoms with van der Waals surface area (Å²) >= 11 is 0. The Bertz CT molecular complexity index is 689. The maximum absolute atomic E-state index is 5.16. The minimum absolute atomic E-state index is 0. The number of benzene rings is 1. The van der Waals surface area contributed by atoms with Gasteiger partial charge in [0.1, 0.15) is 11.4 Å². The minimum Gasteiger partial charge on any atom is -1.00 e. The van der Waals surface area contributed by atoms with E-state index in [9.17, 15) is 0 Å². The quantitative estimate of drug-likeness (QED) is 0.612. The molecule has 0 bridgehead atoms. The van der Waals surface area contributed by atoms with Crippen LogP contribution in [0, 0.1) is 6.92 Å². The average Bonchev–Trinajstić information content (AvgIpc) is 2.84. The molecule has 2 aromatic heterocycles. The van der Waals surface area contributed by atoms with Crippen LogP contribution in [0.3, 0.4) is 0 Å². The Hall–Kier alpha value is -1.56. The summed E-state index contributed by atoms with van der Waals surface area (Å²) in [6.45, 7) is 2.08. The van der Waals surface area contributed by atoms with Crippen molar-refractivity contribution >= 4 is 5.65 Å². The molecule has 3 rings (SSSR count). The summed E-state index contributed by atoms with van der Waals surface area (Å²) in [4.78, 5) is 4.62. The van der Waals surface area contributed by atoms with Gasteiger partial charge in [-0.05, 0) is 43.3 Å². The molecule has 0 aliphatic carbocycles. The van der Waals surface area contributed by atoms with Gasteiger partial charge in [-0.1, -0.05) is 6.07 Å². The van der Waals surface area contributed by atoms with Gasteiger partial charge < -0.3 is 33.1 Å². The third kappa shape index (κ3) is 2.58. The number of hydrogen-bond donors (Lipinski definition) is 0. The number of pyridine rings is 1. The molecule has 19 heavy (non-hydrogen) atoms. The van der Waals surface area contributed by atoms with Crippen molar-refractivity contribution in [3.8, 4) is 17.0 Å². The van der Waals surface area contributed by atoms with Crippen molar-refractivity contribution < 1.29 is 28.7 Å². The van der Waals surface area contributed by atoms with Crippen LogP contribution in [-0.4, -0.2) is 16.5 Å². The fraction of sp³-hybridized carbons (Fsp3) is 0.133. The molecule has 0 spiro atoms. The van der Waals surface area contributed by atoms with E-state index in [2.05, 4.69) is 28.6 Å². The normalized spacial score (nSPS) is 10.2. The summed E-state index contributed by atoms with van der Waals surface area (Å²) in [5.41, 5.74) is 4.23. The molecule has 0 saturated heterocycles. The van der Waals surface area contributed by atoms with Crippen LogP contribution in [0.2, 0.25) is 0 Å². The summed E-state index contributed by atoms with van der Waals surface area (Å²) < 4.78 is 7.25. The maximum atomic E-state index is 5.16. The van der Waals surface area contributed by atoms with E-state index in [1.165, 1.54) is 5.69 Å². The Labute approximate surface area is 129 Å². The van der Waals surface area contributed by atoms with Crippen molar-refractivity contribution in [1.29, 1.82) is 0 Å². The topological polar surface area (TPSA) is 26.5 Å². The predicted octanol–water partition coefficient (Wildman–Crippen LogP) is 0.322. The Morgan fingerprint density at radius 1 is 1.05 bits per heavy atom. The van der Waals surface area contributed by atoms with Gasteiger partial charge >= 0.3 is 0 Å². The zero-order valence-electron chi connectivity index (χ0n) is 10.8. The first-order valence-electron chi connectivity index (χ1n) is 5.87. The molecule has 0 unspecified atom stereocenters. The first-order valence-corrected chi connectivity index (χ1v) is 5.87. The van der Waals surface area contributed by atoms with Crippen molar-refractivity contribution in [1.82, 2.24) is 9.38 Å². The number of ether oxygens (including phenoxy) is 1. The van der Waals surface area contributed by atoms with Crippen LogP contribution in [0.15, 0.2) is 48.7 Å². The highest BCUT2D eigenvalue weighted by atomic mass is 127. The maximum Gasteiger partial charge on any atom is 0.137 e. The van der Waals surface area contributed by atoms with E-state index in [0.29, 0.717) is 0 Å². The molecule has 3 aromatic rings. The molecule has 1 aromatic carbocycles. The van der Waals surface area contributed by atoms with Crippen LogP contribution in [0.1, 0.15) is 5.69 Å². The summed E-state index contributed by atoms with van der Waals surface area (Å²) in [6.07, 6.45) is 2.06. The number of aryl methyl sites for hydroxylation is 1. The predicted molar refractivity (Wildman–Crippen MR) is 71.9 cm³/mol. The average molecular weight is 365 g/mol. The van der Waals surface area contributed by atoms with Gasteiger partial charge in [-0.2, -0.15) is 0 Å².